The highest BCUT2D eigenvalue weighted by Crippen LogP contribution is 2.35. The highest BCUT2D eigenvalue weighted by molar-refractivity contribution is 5.61. The number of hydrogen-bond acceptors (Lipinski definition) is 2. The summed E-state index contributed by atoms with van der Waals surface area (Å²) in [6, 6.07) is 7.65. The second kappa shape index (κ2) is 4.46. The number of fused-ring (bicyclic) bond motifs is 1. The van der Waals surface area contributed by atoms with Gasteiger partial charge in [0.15, 0.2) is 0 Å². The number of hydrogen-bond donors (Lipinski definition) is 1. The molecule has 2 nitrogen and oxygen atoms in total. The minimum atomic E-state index is 0.279. The zero-order valence-corrected chi connectivity index (χ0v) is 10.4. The molecule has 0 radical (unpaired) electrons. The summed E-state index contributed by atoms with van der Waals surface area (Å²) in [5.74, 6) is 0. The molecule has 1 aliphatic heterocycles. The molecule has 0 saturated heterocycles. The number of aryl methyl sites for hydroxylation is 1. The third-order valence-corrected chi connectivity index (χ3v) is 3.38. The summed E-state index contributed by atoms with van der Waals surface area (Å²) in [5, 5.41) is 9.13. The van der Waals surface area contributed by atoms with Gasteiger partial charge in [-0.25, -0.2) is 0 Å². The average Bonchev–Trinajstić information content (AvgIpc) is 2.55. The van der Waals surface area contributed by atoms with Crippen molar-refractivity contribution in [1.82, 2.24) is 0 Å². The molecule has 0 aromatic heterocycles. The van der Waals surface area contributed by atoms with E-state index in [0.29, 0.717) is 12.1 Å². The van der Waals surface area contributed by atoms with Crippen LogP contribution in [0.25, 0.3) is 0 Å². The first kappa shape index (κ1) is 11.5. The Labute approximate surface area is 97.9 Å². The van der Waals surface area contributed by atoms with Crippen molar-refractivity contribution in [2.24, 2.45) is 0 Å². The van der Waals surface area contributed by atoms with Crippen LogP contribution in [0.2, 0.25) is 0 Å². The molecule has 0 bridgehead atoms. The van der Waals surface area contributed by atoms with Gasteiger partial charge in [-0.2, -0.15) is 0 Å². The van der Waals surface area contributed by atoms with Crippen molar-refractivity contribution in [1.29, 1.82) is 0 Å². The highest BCUT2D eigenvalue weighted by atomic mass is 16.3. The quantitative estimate of drug-likeness (QED) is 0.844. The number of benzene rings is 1. The van der Waals surface area contributed by atoms with Crippen LogP contribution in [0.1, 0.15) is 31.4 Å². The maximum Gasteiger partial charge on any atom is 0.0450 e. The fourth-order valence-electron chi connectivity index (χ4n) is 2.77. The minimum Gasteiger partial charge on any atom is -0.396 e. The number of nitrogens with zero attached hydrogens (tertiary/aromatic N) is 1. The van der Waals surface area contributed by atoms with E-state index in [1.54, 1.807) is 0 Å². The molecule has 0 amide bonds. The lowest BCUT2D eigenvalue weighted by Crippen LogP contribution is -2.38. The molecular formula is C14H21NO. The van der Waals surface area contributed by atoms with Gasteiger partial charge in [-0.1, -0.05) is 17.7 Å². The second-order valence-electron chi connectivity index (χ2n) is 5.00. The molecule has 1 N–H and O–H groups in total. The zero-order valence-electron chi connectivity index (χ0n) is 10.4. The van der Waals surface area contributed by atoms with Gasteiger partial charge < -0.3 is 10.0 Å². The van der Waals surface area contributed by atoms with Crippen LogP contribution in [0.4, 0.5) is 5.69 Å². The lowest BCUT2D eigenvalue weighted by atomic mass is 10.1. The molecule has 1 atom stereocenters. The molecule has 1 unspecified atom stereocenters. The number of rotatable bonds is 3. The first-order valence-electron chi connectivity index (χ1n) is 6.12. The number of aliphatic hydroxyl groups is 1. The Hall–Kier alpha value is -1.02. The Morgan fingerprint density at radius 3 is 2.81 bits per heavy atom. The smallest absolute Gasteiger partial charge is 0.0450 e. The van der Waals surface area contributed by atoms with Gasteiger partial charge in [-0.15, -0.1) is 0 Å². The average molecular weight is 219 g/mol. The van der Waals surface area contributed by atoms with Crippen molar-refractivity contribution < 1.29 is 5.11 Å². The van der Waals surface area contributed by atoms with Gasteiger partial charge >= 0.3 is 0 Å². The Morgan fingerprint density at radius 2 is 2.19 bits per heavy atom. The Balaban J connectivity index is 2.33. The zero-order chi connectivity index (χ0) is 11.7. The fourth-order valence-corrected chi connectivity index (χ4v) is 2.77. The molecule has 0 spiro atoms. The topological polar surface area (TPSA) is 23.5 Å². The molecule has 2 heteroatoms. The third-order valence-electron chi connectivity index (χ3n) is 3.38. The first-order chi connectivity index (χ1) is 7.63. The highest BCUT2D eigenvalue weighted by Gasteiger charge is 2.30. The standard InChI is InChI=1S/C14H21NO/c1-10(2)15-13(6-7-16)9-12-8-11(3)4-5-14(12)15/h4-5,8,10,13,16H,6-7,9H2,1-3H3. The molecule has 1 aromatic carbocycles. The molecule has 1 aliphatic rings. The monoisotopic (exact) mass is 219 g/mol. The SMILES string of the molecule is Cc1ccc2c(c1)CC(CCO)N2C(C)C. The summed E-state index contributed by atoms with van der Waals surface area (Å²) in [6.45, 7) is 6.86. The van der Waals surface area contributed by atoms with Crippen molar-refractivity contribution in [2.75, 3.05) is 11.5 Å². The van der Waals surface area contributed by atoms with Gasteiger partial charge in [-0.3, -0.25) is 0 Å². The second-order valence-corrected chi connectivity index (χ2v) is 5.00. The number of aliphatic hydroxyl groups excluding tert-OH is 1. The maximum atomic E-state index is 9.13. The van der Waals surface area contributed by atoms with E-state index in [1.165, 1.54) is 16.8 Å². The third kappa shape index (κ3) is 1.94. The van der Waals surface area contributed by atoms with Crippen LogP contribution in [0.15, 0.2) is 18.2 Å². The van der Waals surface area contributed by atoms with Crippen molar-refractivity contribution >= 4 is 5.69 Å². The first-order valence-corrected chi connectivity index (χ1v) is 6.12. The molecule has 0 fully saturated rings. The Bertz CT molecular complexity index is 373. The van der Waals surface area contributed by atoms with E-state index in [9.17, 15) is 0 Å². The van der Waals surface area contributed by atoms with E-state index < -0.39 is 0 Å². The molecule has 0 aliphatic carbocycles. The summed E-state index contributed by atoms with van der Waals surface area (Å²) in [4.78, 5) is 2.45. The molecule has 88 valence electrons. The molecule has 1 heterocycles. The van der Waals surface area contributed by atoms with E-state index in [-0.39, 0.29) is 6.61 Å². The van der Waals surface area contributed by atoms with E-state index in [4.69, 9.17) is 5.11 Å². The summed E-state index contributed by atoms with van der Waals surface area (Å²) in [7, 11) is 0. The fraction of sp³-hybridized carbons (Fsp3) is 0.571. The van der Waals surface area contributed by atoms with E-state index >= 15 is 0 Å². The van der Waals surface area contributed by atoms with Gasteiger partial charge in [-0.05, 0) is 45.2 Å². The molecular weight excluding hydrogens is 198 g/mol. The van der Waals surface area contributed by atoms with Crippen LogP contribution in [0.3, 0.4) is 0 Å². The van der Waals surface area contributed by atoms with Crippen molar-refractivity contribution in [2.45, 2.75) is 45.7 Å². The molecule has 0 saturated carbocycles. The van der Waals surface area contributed by atoms with Crippen LogP contribution in [-0.4, -0.2) is 23.8 Å². The molecule has 16 heavy (non-hydrogen) atoms. The van der Waals surface area contributed by atoms with E-state index in [2.05, 4.69) is 43.9 Å². The van der Waals surface area contributed by atoms with E-state index in [1.807, 2.05) is 0 Å². The summed E-state index contributed by atoms with van der Waals surface area (Å²) < 4.78 is 0. The predicted molar refractivity (Wildman–Crippen MR) is 68.0 cm³/mol. The van der Waals surface area contributed by atoms with Crippen LogP contribution < -0.4 is 4.90 Å². The summed E-state index contributed by atoms with van der Waals surface area (Å²) in [6.07, 6.45) is 1.95. The summed E-state index contributed by atoms with van der Waals surface area (Å²) in [5.41, 5.74) is 4.12. The summed E-state index contributed by atoms with van der Waals surface area (Å²) >= 11 is 0. The molecule has 2 rings (SSSR count). The lowest BCUT2D eigenvalue weighted by molar-refractivity contribution is 0.272. The minimum absolute atomic E-state index is 0.279. The Kier molecular flexibility index (Phi) is 3.20. The Morgan fingerprint density at radius 1 is 1.44 bits per heavy atom. The maximum absolute atomic E-state index is 9.13. The van der Waals surface area contributed by atoms with Gasteiger partial charge in [0, 0.05) is 24.4 Å². The van der Waals surface area contributed by atoms with Crippen LogP contribution in [0, 0.1) is 6.92 Å². The molecule has 1 aromatic rings. The number of anilines is 1. The largest absolute Gasteiger partial charge is 0.396 e. The van der Waals surface area contributed by atoms with Crippen molar-refractivity contribution in [3.63, 3.8) is 0 Å². The predicted octanol–water partition coefficient (Wildman–Crippen LogP) is 2.52. The van der Waals surface area contributed by atoms with Gasteiger partial charge in [0.25, 0.3) is 0 Å². The van der Waals surface area contributed by atoms with Crippen molar-refractivity contribution in [3.8, 4) is 0 Å². The van der Waals surface area contributed by atoms with E-state index in [0.717, 1.165) is 12.8 Å². The van der Waals surface area contributed by atoms with Gasteiger partial charge in [0.1, 0.15) is 0 Å². The van der Waals surface area contributed by atoms with Crippen LogP contribution in [-0.2, 0) is 6.42 Å². The van der Waals surface area contributed by atoms with Gasteiger partial charge in [0.05, 0.1) is 0 Å². The van der Waals surface area contributed by atoms with Gasteiger partial charge in [0.2, 0.25) is 0 Å². The normalized spacial score (nSPS) is 19.3. The van der Waals surface area contributed by atoms with Crippen LogP contribution >= 0.6 is 0 Å². The lowest BCUT2D eigenvalue weighted by Gasteiger charge is -2.31. The van der Waals surface area contributed by atoms with Crippen molar-refractivity contribution in [3.05, 3.63) is 29.3 Å². The van der Waals surface area contributed by atoms with Crippen LogP contribution in [0.5, 0.6) is 0 Å².